The minimum Gasteiger partial charge on any atom is -0.462 e. The van der Waals surface area contributed by atoms with Crippen LogP contribution in [0.2, 0.25) is 0 Å². The van der Waals surface area contributed by atoms with Gasteiger partial charge in [0.25, 0.3) is 0 Å². The Labute approximate surface area is 158 Å². The molecule has 0 aliphatic rings. The highest BCUT2D eigenvalue weighted by atomic mass is 127. The van der Waals surface area contributed by atoms with Crippen LogP contribution in [0.5, 0.6) is 0 Å². The Morgan fingerprint density at radius 2 is 2.08 bits per heavy atom. The predicted molar refractivity (Wildman–Crippen MR) is 105 cm³/mol. The molecule has 0 bridgehead atoms. The van der Waals surface area contributed by atoms with Crippen molar-refractivity contribution in [1.82, 2.24) is 0 Å². The zero-order valence-corrected chi connectivity index (χ0v) is 16.1. The first-order valence-corrected chi connectivity index (χ1v) is 9.39. The first-order chi connectivity index (χ1) is 11.6. The summed E-state index contributed by atoms with van der Waals surface area (Å²) < 4.78 is 6.13. The van der Waals surface area contributed by atoms with Gasteiger partial charge in [-0.15, -0.1) is 0 Å². The third kappa shape index (κ3) is 5.36. The highest BCUT2D eigenvalue weighted by Gasteiger charge is 2.11. The number of hydrogen-bond donors (Lipinski definition) is 0. The molecule has 1 heterocycles. The lowest BCUT2D eigenvalue weighted by molar-refractivity contribution is -0.138. The van der Waals surface area contributed by atoms with Gasteiger partial charge in [0.1, 0.15) is 5.70 Å². The van der Waals surface area contributed by atoms with E-state index in [1.54, 1.807) is 24.3 Å². The summed E-state index contributed by atoms with van der Waals surface area (Å²) in [5.74, 6) is -0.606. The second-order valence-corrected chi connectivity index (χ2v) is 6.91. The van der Waals surface area contributed by atoms with E-state index in [-0.39, 0.29) is 12.3 Å². The smallest absolute Gasteiger partial charge is 0.340 e. The maximum absolute atomic E-state index is 11.8. The molecular weight excluding hydrogens is 437 g/mol. The Kier molecular flexibility index (Phi) is 7.30. The van der Waals surface area contributed by atoms with Crippen LogP contribution in [0.3, 0.4) is 0 Å². The fourth-order valence-electron chi connectivity index (χ4n) is 2.12. The number of benzene rings is 1. The van der Waals surface area contributed by atoms with Gasteiger partial charge in [0.2, 0.25) is 0 Å². The number of ether oxygens (including phenoxy) is 1. The molecule has 0 saturated heterocycles. The molecule has 124 valence electrons. The quantitative estimate of drug-likeness (QED) is 0.142. The number of aryl methyl sites for hydroxylation is 2. The van der Waals surface area contributed by atoms with Gasteiger partial charge in [0, 0.05) is 8.48 Å². The molecule has 7 heteroatoms. The van der Waals surface area contributed by atoms with Crippen LogP contribution in [-0.2, 0) is 22.4 Å². The minimum atomic E-state index is -0.606. The van der Waals surface area contributed by atoms with E-state index in [9.17, 15) is 4.79 Å². The fourth-order valence-corrected chi connectivity index (χ4v) is 3.33. The molecule has 0 atom stereocenters. The van der Waals surface area contributed by atoms with Gasteiger partial charge >= 0.3 is 5.97 Å². The van der Waals surface area contributed by atoms with Crippen molar-refractivity contribution in [3.63, 3.8) is 0 Å². The lowest BCUT2D eigenvalue weighted by Gasteiger charge is -2.04. The average molecular weight is 453 g/mol. The molecular formula is C17H16IN3O2S. The molecule has 0 saturated carbocycles. The number of carbonyl (C=O) groups is 1. The van der Waals surface area contributed by atoms with E-state index >= 15 is 0 Å². The Morgan fingerprint density at radius 1 is 1.33 bits per heavy atom. The summed E-state index contributed by atoms with van der Waals surface area (Å²) in [6.07, 6.45) is 3.35. The van der Waals surface area contributed by atoms with E-state index in [0.717, 1.165) is 24.0 Å². The SMILES string of the molecule is CCOC(=O)/C(=C/c1cscc1CCc1ccc(I)cc1)N=[N+]=[N-]. The normalized spacial score (nSPS) is 11.0. The van der Waals surface area contributed by atoms with Gasteiger partial charge in [-0.25, -0.2) is 4.79 Å². The minimum absolute atomic E-state index is 0.0201. The highest BCUT2D eigenvalue weighted by molar-refractivity contribution is 14.1. The molecule has 0 amide bonds. The number of esters is 1. The number of hydrogen-bond acceptors (Lipinski definition) is 4. The predicted octanol–water partition coefficient (Wildman–Crippen LogP) is 5.35. The molecule has 0 radical (unpaired) electrons. The highest BCUT2D eigenvalue weighted by Crippen LogP contribution is 2.21. The van der Waals surface area contributed by atoms with Crippen molar-refractivity contribution in [2.24, 2.45) is 5.11 Å². The van der Waals surface area contributed by atoms with Crippen LogP contribution in [0.1, 0.15) is 23.6 Å². The van der Waals surface area contributed by atoms with Gasteiger partial charge in [-0.3, -0.25) is 0 Å². The van der Waals surface area contributed by atoms with Gasteiger partial charge in [-0.1, -0.05) is 17.2 Å². The fraction of sp³-hybridized carbons (Fsp3) is 0.235. The molecule has 24 heavy (non-hydrogen) atoms. The topological polar surface area (TPSA) is 75.1 Å². The van der Waals surface area contributed by atoms with E-state index in [0.29, 0.717) is 0 Å². The molecule has 0 fully saturated rings. The van der Waals surface area contributed by atoms with Crippen molar-refractivity contribution in [2.45, 2.75) is 19.8 Å². The summed E-state index contributed by atoms with van der Waals surface area (Å²) in [5.41, 5.74) is 11.9. The first kappa shape index (κ1) is 18.5. The van der Waals surface area contributed by atoms with Crippen LogP contribution in [0.4, 0.5) is 0 Å². The van der Waals surface area contributed by atoms with Crippen LogP contribution in [0.25, 0.3) is 16.5 Å². The average Bonchev–Trinajstić information content (AvgIpc) is 3.01. The maximum Gasteiger partial charge on any atom is 0.340 e. The zero-order valence-electron chi connectivity index (χ0n) is 13.1. The Balaban J connectivity index is 2.15. The number of halogens is 1. The van der Waals surface area contributed by atoms with Crippen molar-refractivity contribution in [1.29, 1.82) is 0 Å². The largest absolute Gasteiger partial charge is 0.462 e. The Hall–Kier alpha value is -1.83. The maximum atomic E-state index is 11.8. The molecule has 1 aromatic carbocycles. The number of azide groups is 1. The van der Waals surface area contributed by atoms with Crippen molar-refractivity contribution in [3.8, 4) is 0 Å². The third-order valence-electron chi connectivity index (χ3n) is 3.30. The van der Waals surface area contributed by atoms with E-state index in [1.165, 1.54) is 9.13 Å². The van der Waals surface area contributed by atoms with Gasteiger partial charge < -0.3 is 4.74 Å². The molecule has 0 unspecified atom stereocenters. The summed E-state index contributed by atoms with van der Waals surface area (Å²) in [5, 5.41) is 7.45. The van der Waals surface area contributed by atoms with Crippen LogP contribution in [0, 0.1) is 3.57 Å². The lowest BCUT2D eigenvalue weighted by atomic mass is 10.0. The van der Waals surface area contributed by atoms with Crippen LogP contribution < -0.4 is 0 Å². The van der Waals surface area contributed by atoms with Crippen molar-refractivity contribution in [2.75, 3.05) is 6.61 Å². The summed E-state index contributed by atoms with van der Waals surface area (Å²) in [7, 11) is 0. The van der Waals surface area contributed by atoms with Crippen molar-refractivity contribution in [3.05, 3.63) is 71.4 Å². The van der Waals surface area contributed by atoms with Gasteiger partial charge in [0.05, 0.1) is 6.61 Å². The van der Waals surface area contributed by atoms with E-state index in [2.05, 4.69) is 62.3 Å². The monoisotopic (exact) mass is 453 g/mol. The van der Waals surface area contributed by atoms with E-state index in [4.69, 9.17) is 10.3 Å². The summed E-state index contributed by atoms with van der Waals surface area (Å²) in [6, 6.07) is 8.41. The number of thiophene rings is 1. The molecule has 0 aliphatic carbocycles. The zero-order chi connectivity index (χ0) is 17.4. The number of rotatable bonds is 7. The molecule has 0 spiro atoms. The molecule has 2 aromatic rings. The molecule has 1 aromatic heterocycles. The van der Waals surface area contributed by atoms with Gasteiger partial charge in [0.15, 0.2) is 0 Å². The molecule has 2 rings (SSSR count). The second-order valence-electron chi connectivity index (χ2n) is 4.92. The molecule has 5 nitrogen and oxygen atoms in total. The van der Waals surface area contributed by atoms with Crippen LogP contribution >= 0.6 is 33.9 Å². The standard InChI is InChI=1S/C17H16IN3O2S/c1-2-23-17(22)16(20-21-19)9-14-11-24-10-13(14)6-3-12-4-7-15(18)8-5-12/h4-5,7-11H,2-3,6H2,1H3/b16-9-. The van der Waals surface area contributed by atoms with Crippen LogP contribution in [0.15, 0.2) is 45.8 Å². The van der Waals surface area contributed by atoms with Crippen molar-refractivity contribution < 1.29 is 9.53 Å². The lowest BCUT2D eigenvalue weighted by Crippen LogP contribution is -2.05. The summed E-state index contributed by atoms with van der Waals surface area (Å²) >= 11 is 3.84. The van der Waals surface area contributed by atoms with Gasteiger partial charge in [-0.2, -0.15) is 11.3 Å². The summed E-state index contributed by atoms with van der Waals surface area (Å²) in [4.78, 5) is 14.5. The van der Waals surface area contributed by atoms with E-state index in [1.807, 2.05) is 5.38 Å². The van der Waals surface area contributed by atoms with Crippen LogP contribution in [-0.4, -0.2) is 12.6 Å². The number of nitrogens with zero attached hydrogens (tertiary/aromatic N) is 3. The second kappa shape index (κ2) is 9.46. The molecule has 0 N–H and O–H groups in total. The Bertz CT molecular complexity index is 777. The van der Waals surface area contributed by atoms with Gasteiger partial charge in [-0.05, 0) is 93.5 Å². The first-order valence-electron chi connectivity index (χ1n) is 7.37. The van der Waals surface area contributed by atoms with Crippen molar-refractivity contribution >= 4 is 46.0 Å². The molecule has 0 aliphatic heterocycles. The van der Waals surface area contributed by atoms with E-state index < -0.39 is 5.97 Å². The summed E-state index contributed by atoms with van der Waals surface area (Å²) in [6.45, 7) is 1.95. The third-order valence-corrected chi connectivity index (χ3v) is 4.83. The number of carbonyl (C=O) groups excluding carboxylic acids is 1. The Morgan fingerprint density at radius 3 is 2.75 bits per heavy atom.